The van der Waals surface area contributed by atoms with Gasteiger partial charge in [0.25, 0.3) is 0 Å². The second-order valence-electron chi connectivity index (χ2n) is 8.19. The fraction of sp³-hybridized carbons (Fsp3) is 0.619. The van der Waals surface area contributed by atoms with Crippen LogP contribution in [0.5, 0.6) is 5.75 Å². The van der Waals surface area contributed by atoms with E-state index in [0.29, 0.717) is 37.4 Å². The van der Waals surface area contributed by atoms with Gasteiger partial charge in [-0.25, -0.2) is 13.2 Å². The van der Waals surface area contributed by atoms with Crippen molar-refractivity contribution in [3.8, 4) is 11.8 Å². The Bertz CT molecular complexity index is 885. The Morgan fingerprint density at radius 3 is 2.48 bits per heavy atom. The molecule has 170 valence electrons. The molecular formula is C21H29N3O6S. The molecule has 9 nitrogen and oxygen atoms in total. The average Bonchev–Trinajstić information content (AvgIpc) is 2.96. The molecule has 0 aromatic heterocycles. The van der Waals surface area contributed by atoms with E-state index < -0.39 is 22.0 Å². The lowest BCUT2D eigenvalue weighted by Gasteiger charge is -2.41. The number of piperazine rings is 1. The Labute approximate surface area is 183 Å². The summed E-state index contributed by atoms with van der Waals surface area (Å²) in [5, 5.41) is 19.3. The molecule has 3 unspecified atom stereocenters. The van der Waals surface area contributed by atoms with Gasteiger partial charge in [-0.3, -0.25) is 4.90 Å². The lowest BCUT2D eigenvalue weighted by Crippen LogP contribution is -2.57. The third-order valence-electron chi connectivity index (χ3n) is 5.62. The van der Waals surface area contributed by atoms with Gasteiger partial charge in [0.15, 0.2) is 0 Å². The van der Waals surface area contributed by atoms with Gasteiger partial charge in [-0.15, -0.1) is 0 Å². The highest BCUT2D eigenvalue weighted by atomic mass is 32.2. The van der Waals surface area contributed by atoms with Crippen LogP contribution < -0.4 is 4.74 Å². The van der Waals surface area contributed by atoms with Crippen molar-refractivity contribution in [2.45, 2.75) is 37.5 Å². The van der Waals surface area contributed by atoms with E-state index in [0.717, 1.165) is 19.1 Å². The first-order valence-corrected chi connectivity index (χ1v) is 12.5. The highest BCUT2D eigenvalue weighted by Crippen LogP contribution is 2.30. The fourth-order valence-corrected chi connectivity index (χ4v) is 4.77. The minimum Gasteiger partial charge on any atom is -0.491 e. The molecule has 0 radical (unpaired) electrons. The van der Waals surface area contributed by atoms with E-state index in [1.165, 1.54) is 0 Å². The highest BCUT2D eigenvalue weighted by molar-refractivity contribution is 7.90. The van der Waals surface area contributed by atoms with Crippen LogP contribution in [-0.2, 0) is 14.6 Å². The van der Waals surface area contributed by atoms with E-state index >= 15 is 0 Å². The molecule has 3 rings (SSSR count). The summed E-state index contributed by atoms with van der Waals surface area (Å²) in [5.41, 5.74) is 0.552. The first-order chi connectivity index (χ1) is 14.7. The predicted octanol–water partition coefficient (Wildman–Crippen LogP) is 1.02. The number of hydrogen-bond donors (Lipinski definition) is 1. The van der Waals surface area contributed by atoms with E-state index in [1.54, 1.807) is 29.2 Å². The van der Waals surface area contributed by atoms with Crippen LogP contribution in [0.3, 0.4) is 0 Å². The summed E-state index contributed by atoms with van der Waals surface area (Å²) in [6, 6.07) is 9.11. The monoisotopic (exact) mass is 451 g/mol. The van der Waals surface area contributed by atoms with Crippen molar-refractivity contribution >= 4 is 15.9 Å². The van der Waals surface area contributed by atoms with E-state index in [1.807, 2.05) is 6.07 Å². The van der Waals surface area contributed by atoms with E-state index in [-0.39, 0.29) is 31.1 Å². The Hall–Kier alpha value is -2.35. The molecule has 1 aromatic rings. The van der Waals surface area contributed by atoms with Crippen LogP contribution >= 0.6 is 0 Å². The normalized spacial score (nSPS) is 22.0. The zero-order chi connectivity index (χ0) is 22.4. The summed E-state index contributed by atoms with van der Waals surface area (Å²) in [5.74, 6) is 0.603. The number of carbonyl (C=O) groups excluding carboxylic acids is 1. The summed E-state index contributed by atoms with van der Waals surface area (Å²) in [6.45, 7) is 1.76. The van der Waals surface area contributed by atoms with Crippen LogP contribution in [-0.4, -0.2) is 92.5 Å². The SMILES string of the molecule is CS(=O)(=O)CCCOC(=O)N1CC2CCC(C1)N2CC(O)COc1ccc(C#N)cc1. The molecule has 1 amide bonds. The van der Waals surface area contributed by atoms with Crippen molar-refractivity contribution in [2.24, 2.45) is 0 Å². The molecule has 1 aromatic carbocycles. The first kappa shape index (κ1) is 23.3. The molecule has 1 N–H and O–H groups in total. The largest absolute Gasteiger partial charge is 0.491 e. The number of aliphatic hydroxyl groups excluding tert-OH is 1. The second-order valence-corrected chi connectivity index (χ2v) is 10.4. The van der Waals surface area contributed by atoms with Gasteiger partial charge in [0.2, 0.25) is 0 Å². The molecule has 2 saturated heterocycles. The third-order valence-corrected chi connectivity index (χ3v) is 6.65. The molecule has 31 heavy (non-hydrogen) atoms. The van der Waals surface area contributed by atoms with Gasteiger partial charge in [0.05, 0.1) is 24.0 Å². The lowest BCUT2D eigenvalue weighted by molar-refractivity contribution is 0.00851. The summed E-state index contributed by atoms with van der Waals surface area (Å²) in [7, 11) is -3.06. The van der Waals surface area contributed by atoms with Crippen LogP contribution in [0.1, 0.15) is 24.8 Å². The molecule has 2 aliphatic rings. The minimum atomic E-state index is -3.06. The zero-order valence-corrected chi connectivity index (χ0v) is 18.5. The highest BCUT2D eigenvalue weighted by Gasteiger charge is 2.42. The molecule has 2 bridgehead atoms. The number of sulfone groups is 1. The minimum absolute atomic E-state index is 0.00172. The van der Waals surface area contributed by atoms with Crippen molar-refractivity contribution in [1.29, 1.82) is 5.26 Å². The second kappa shape index (κ2) is 10.3. The maximum absolute atomic E-state index is 12.3. The van der Waals surface area contributed by atoms with Gasteiger partial charge in [0.1, 0.15) is 28.3 Å². The van der Waals surface area contributed by atoms with Crippen molar-refractivity contribution in [1.82, 2.24) is 9.80 Å². The summed E-state index contributed by atoms with van der Waals surface area (Å²) >= 11 is 0. The number of nitriles is 1. The predicted molar refractivity (Wildman–Crippen MR) is 113 cm³/mol. The van der Waals surface area contributed by atoms with Gasteiger partial charge < -0.3 is 19.5 Å². The zero-order valence-electron chi connectivity index (χ0n) is 17.6. The van der Waals surface area contributed by atoms with Gasteiger partial charge >= 0.3 is 6.09 Å². The number of rotatable bonds is 9. The van der Waals surface area contributed by atoms with Crippen molar-refractivity contribution in [2.75, 3.05) is 44.9 Å². The standard InChI is InChI=1S/C21H29N3O6S/c1-31(27,28)10-2-9-29-21(26)23-12-17-5-6-18(13-23)24(17)14-19(25)15-30-20-7-3-16(11-22)4-8-20/h3-4,7-8,17-19,25H,2,5-6,9-10,12-15H2,1H3. The Morgan fingerprint density at radius 2 is 1.90 bits per heavy atom. The first-order valence-electron chi connectivity index (χ1n) is 10.4. The molecule has 3 atom stereocenters. The number of fused-ring (bicyclic) bond motifs is 2. The van der Waals surface area contributed by atoms with Crippen LogP contribution in [0.2, 0.25) is 0 Å². The summed E-state index contributed by atoms with van der Waals surface area (Å²) in [6.07, 6.45) is 2.28. The molecule has 0 aliphatic carbocycles. The van der Waals surface area contributed by atoms with Gasteiger partial charge in [-0.2, -0.15) is 5.26 Å². The molecule has 0 spiro atoms. The number of aliphatic hydroxyl groups is 1. The number of amides is 1. The number of hydrogen-bond acceptors (Lipinski definition) is 8. The van der Waals surface area contributed by atoms with Gasteiger partial charge in [0, 0.05) is 38.0 Å². The molecule has 2 heterocycles. The van der Waals surface area contributed by atoms with E-state index in [9.17, 15) is 18.3 Å². The Balaban J connectivity index is 1.42. The molecule has 10 heteroatoms. The number of ether oxygens (including phenoxy) is 2. The van der Waals surface area contributed by atoms with E-state index in [2.05, 4.69) is 4.90 Å². The molecule has 2 fully saturated rings. The van der Waals surface area contributed by atoms with Crippen LogP contribution in [0, 0.1) is 11.3 Å². The summed E-state index contributed by atoms with van der Waals surface area (Å²) in [4.78, 5) is 16.2. The van der Waals surface area contributed by atoms with Gasteiger partial charge in [-0.1, -0.05) is 0 Å². The molecule has 2 aliphatic heterocycles. The smallest absolute Gasteiger partial charge is 0.409 e. The van der Waals surface area contributed by atoms with Crippen LogP contribution in [0.4, 0.5) is 4.79 Å². The average molecular weight is 452 g/mol. The van der Waals surface area contributed by atoms with Crippen molar-refractivity contribution in [3.05, 3.63) is 29.8 Å². The quantitative estimate of drug-likeness (QED) is 0.553. The molecule has 0 saturated carbocycles. The van der Waals surface area contributed by atoms with Crippen molar-refractivity contribution < 1.29 is 27.8 Å². The van der Waals surface area contributed by atoms with E-state index in [4.69, 9.17) is 14.7 Å². The third kappa shape index (κ3) is 6.82. The van der Waals surface area contributed by atoms with Crippen molar-refractivity contribution in [3.63, 3.8) is 0 Å². The Morgan fingerprint density at radius 1 is 1.26 bits per heavy atom. The topological polar surface area (TPSA) is 120 Å². The van der Waals surface area contributed by atoms with Crippen LogP contribution in [0.25, 0.3) is 0 Å². The summed E-state index contributed by atoms with van der Waals surface area (Å²) < 4.78 is 33.2. The molecular weight excluding hydrogens is 422 g/mol. The maximum atomic E-state index is 12.3. The number of nitrogens with zero attached hydrogens (tertiary/aromatic N) is 3. The number of benzene rings is 1. The van der Waals surface area contributed by atoms with Gasteiger partial charge in [-0.05, 0) is 43.5 Å². The Kier molecular flexibility index (Phi) is 7.75. The van der Waals surface area contributed by atoms with Crippen LogP contribution in [0.15, 0.2) is 24.3 Å². The maximum Gasteiger partial charge on any atom is 0.409 e. The fourth-order valence-electron chi connectivity index (χ4n) is 4.12. The number of likely N-dealkylation sites (tertiary alicyclic amines) is 1. The lowest BCUT2D eigenvalue weighted by atomic mass is 10.1. The number of carbonyl (C=O) groups is 1.